The van der Waals surface area contributed by atoms with Crippen LogP contribution in [0, 0.1) is 0 Å². The van der Waals surface area contributed by atoms with Crippen molar-refractivity contribution in [2.24, 2.45) is 0 Å². The van der Waals surface area contributed by atoms with E-state index in [2.05, 4.69) is 33.4 Å². The highest BCUT2D eigenvalue weighted by atomic mass is 79.9. The molecule has 0 bridgehead atoms. The summed E-state index contributed by atoms with van der Waals surface area (Å²) in [7, 11) is 0. The molecule has 0 fully saturated rings. The Morgan fingerprint density at radius 3 is 2.53 bits per heavy atom. The number of hydrogen-bond acceptors (Lipinski definition) is 2. The molecule has 2 aromatic carbocycles. The van der Waals surface area contributed by atoms with E-state index < -0.39 is 5.60 Å². The van der Waals surface area contributed by atoms with E-state index in [0.717, 1.165) is 20.3 Å². The van der Waals surface area contributed by atoms with Gasteiger partial charge in [-0.25, -0.2) is 0 Å². The van der Waals surface area contributed by atoms with Gasteiger partial charge in [-0.1, -0.05) is 46.3 Å². The molecule has 19 heavy (non-hydrogen) atoms. The second kappa shape index (κ2) is 4.75. The predicted molar refractivity (Wildman–Crippen MR) is 84.6 cm³/mol. The maximum Gasteiger partial charge on any atom is 0.113 e. The standard InChI is InChI=1S/C16H13BrOS/c1-16(18,12-5-7-13(17)8-6-12)14-4-2-3-11-9-10-19-15(11)14/h2-10,18H,1H3. The summed E-state index contributed by atoms with van der Waals surface area (Å²) in [5, 5.41) is 14.2. The molecule has 0 aliphatic rings. The van der Waals surface area contributed by atoms with Gasteiger partial charge in [-0.05, 0) is 41.5 Å². The van der Waals surface area contributed by atoms with Crippen LogP contribution in [0.5, 0.6) is 0 Å². The summed E-state index contributed by atoms with van der Waals surface area (Å²) < 4.78 is 2.16. The number of thiophene rings is 1. The van der Waals surface area contributed by atoms with Crippen molar-refractivity contribution >= 4 is 37.4 Å². The molecule has 1 heterocycles. The van der Waals surface area contributed by atoms with E-state index in [0.29, 0.717) is 0 Å². The molecule has 0 radical (unpaired) electrons. The second-order valence-corrected chi connectivity index (χ2v) is 6.56. The molecule has 1 aromatic heterocycles. The summed E-state index contributed by atoms with van der Waals surface area (Å²) in [5.41, 5.74) is 0.879. The quantitative estimate of drug-likeness (QED) is 0.706. The van der Waals surface area contributed by atoms with Crippen LogP contribution in [0.1, 0.15) is 18.1 Å². The molecule has 0 aliphatic carbocycles. The fraction of sp³-hybridized carbons (Fsp3) is 0.125. The van der Waals surface area contributed by atoms with Crippen LogP contribution < -0.4 is 0 Å². The molecule has 1 N–H and O–H groups in total. The lowest BCUT2D eigenvalue weighted by atomic mass is 9.88. The van der Waals surface area contributed by atoms with Crippen LogP contribution in [0.15, 0.2) is 58.4 Å². The molecule has 0 aliphatic heterocycles. The second-order valence-electron chi connectivity index (χ2n) is 4.72. The molecule has 0 saturated heterocycles. The van der Waals surface area contributed by atoms with Crippen molar-refractivity contribution in [1.29, 1.82) is 0 Å². The molecule has 1 unspecified atom stereocenters. The van der Waals surface area contributed by atoms with Gasteiger partial charge in [-0.3, -0.25) is 0 Å². The molecule has 0 spiro atoms. The highest BCUT2D eigenvalue weighted by molar-refractivity contribution is 9.10. The lowest BCUT2D eigenvalue weighted by Crippen LogP contribution is -2.22. The third-order valence-electron chi connectivity index (χ3n) is 3.41. The maximum absolute atomic E-state index is 11.0. The average molecular weight is 333 g/mol. The zero-order valence-electron chi connectivity index (χ0n) is 10.4. The molecular weight excluding hydrogens is 320 g/mol. The zero-order valence-corrected chi connectivity index (χ0v) is 12.8. The molecule has 0 saturated carbocycles. The van der Waals surface area contributed by atoms with Gasteiger partial charge in [-0.2, -0.15) is 0 Å². The largest absolute Gasteiger partial charge is 0.381 e. The van der Waals surface area contributed by atoms with Gasteiger partial charge in [0.15, 0.2) is 0 Å². The lowest BCUT2D eigenvalue weighted by Gasteiger charge is -2.25. The van der Waals surface area contributed by atoms with Gasteiger partial charge in [0, 0.05) is 14.7 Å². The lowest BCUT2D eigenvalue weighted by molar-refractivity contribution is 0.104. The number of hydrogen-bond donors (Lipinski definition) is 1. The van der Waals surface area contributed by atoms with Crippen LogP contribution in [0.3, 0.4) is 0 Å². The van der Waals surface area contributed by atoms with Crippen molar-refractivity contribution in [2.45, 2.75) is 12.5 Å². The van der Waals surface area contributed by atoms with Crippen molar-refractivity contribution in [3.63, 3.8) is 0 Å². The topological polar surface area (TPSA) is 20.2 Å². The number of aliphatic hydroxyl groups is 1. The predicted octanol–water partition coefficient (Wildman–Crippen LogP) is 4.92. The van der Waals surface area contributed by atoms with E-state index in [-0.39, 0.29) is 0 Å². The molecular formula is C16H13BrOS. The van der Waals surface area contributed by atoms with E-state index in [4.69, 9.17) is 0 Å². The van der Waals surface area contributed by atoms with Crippen molar-refractivity contribution in [3.8, 4) is 0 Å². The van der Waals surface area contributed by atoms with Crippen molar-refractivity contribution in [2.75, 3.05) is 0 Å². The molecule has 3 rings (SSSR count). The summed E-state index contributed by atoms with van der Waals surface area (Å²) in [6.45, 7) is 1.85. The Morgan fingerprint density at radius 1 is 1.05 bits per heavy atom. The van der Waals surface area contributed by atoms with Crippen LogP contribution in [0.25, 0.3) is 10.1 Å². The molecule has 96 valence electrons. The minimum atomic E-state index is -0.981. The van der Waals surface area contributed by atoms with Crippen LogP contribution in [-0.4, -0.2) is 5.11 Å². The fourth-order valence-corrected chi connectivity index (χ4v) is 3.59. The minimum absolute atomic E-state index is 0.900. The van der Waals surface area contributed by atoms with Gasteiger partial charge in [0.2, 0.25) is 0 Å². The average Bonchev–Trinajstić information content (AvgIpc) is 2.87. The Morgan fingerprint density at radius 2 is 1.79 bits per heavy atom. The number of benzene rings is 2. The number of halogens is 1. The minimum Gasteiger partial charge on any atom is -0.381 e. The zero-order chi connectivity index (χ0) is 13.5. The van der Waals surface area contributed by atoms with E-state index in [1.807, 2.05) is 43.3 Å². The SMILES string of the molecule is CC(O)(c1ccc(Br)cc1)c1cccc2ccsc12. The summed E-state index contributed by atoms with van der Waals surface area (Å²) in [6.07, 6.45) is 0. The Hall–Kier alpha value is -1.16. The van der Waals surface area contributed by atoms with Gasteiger partial charge in [0.1, 0.15) is 5.60 Å². The normalized spacial score (nSPS) is 14.5. The highest BCUT2D eigenvalue weighted by Crippen LogP contribution is 2.36. The summed E-state index contributed by atoms with van der Waals surface area (Å²) in [6, 6.07) is 16.0. The smallest absolute Gasteiger partial charge is 0.113 e. The molecule has 0 amide bonds. The molecule has 3 aromatic rings. The Labute approximate surface area is 124 Å². The Kier molecular flexibility index (Phi) is 3.21. The molecule has 1 atom stereocenters. The van der Waals surface area contributed by atoms with Crippen LogP contribution in [0.2, 0.25) is 0 Å². The third-order valence-corrected chi connectivity index (χ3v) is 4.90. The van der Waals surface area contributed by atoms with Gasteiger partial charge in [0.05, 0.1) is 0 Å². The summed E-state index contributed by atoms with van der Waals surface area (Å²) >= 11 is 5.09. The first kappa shape index (κ1) is 12.9. The van der Waals surface area contributed by atoms with E-state index in [1.54, 1.807) is 11.3 Å². The maximum atomic E-state index is 11.0. The summed E-state index contributed by atoms with van der Waals surface area (Å²) in [5.74, 6) is 0. The van der Waals surface area contributed by atoms with Gasteiger partial charge in [0.25, 0.3) is 0 Å². The first-order chi connectivity index (χ1) is 9.09. The fourth-order valence-electron chi connectivity index (χ4n) is 2.31. The molecule has 3 heteroatoms. The first-order valence-electron chi connectivity index (χ1n) is 6.04. The van der Waals surface area contributed by atoms with Crippen molar-refractivity contribution < 1.29 is 5.11 Å². The molecule has 1 nitrogen and oxygen atoms in total. The van der Waals surface area contributed by atoms with E-state index >= 15 is 0 Å². The van der Waals surface area contributed by atoms with Gasteiger partial charge >= 0.3 is 0 Å². The van der Waals surface area contributed by atoms with Crippen molar-refractivity contribution in [3.05, 3.63) is 69.5 Å². The number of rotatable bonds is 2. The number of fused-ring (bicyclic) bond motifs is 1. The Balaban J connectivity index is 2.18. The van der Waals surface area contributed by atoms with Gasteiger partial charge in [-0.15, -0.1) is 11.3 Å². The highest BCUT2D eigenvalue weighted by Gasteiger charge is 2.27. The van der Waals surface area contributed by atoms with Crippen LogP contribution in [-0.2, 0) is 5.60 Å². The van der Waals surface area contributed by atoms with Crippen LogP contribution >= 0.6 is 27.3 Å². The van der Waals surface area contributed by atoms with Crippen LogP contribution in [0.4, 0.5) is 0 Å². The van der Waals surface area contributed by atoms with Crippen molar-refractivity contribution in [1.82, 2.24) is 0 Å². The summed E-state index contributed by atoms with van der Waals surface area (Å²) in [4.78, 5) is 0. The first-order valence-corrected chi connectivity index (χ1v) is 7.71. The Bertz CT molecular complexity index is 713. The third kappa shape index (κ3) is 2.22. The van der Waals surface area contributed by atoms with Gasteiger partial charge < -0.3 is 5.11 Å². The van der Waals surface area contributed by atoms with E-state index in [1.165, 1.54) is 5.39 Å². The van der Waals surface area contributed by atoms with E-state index in [9.17, 15) is 5.11 Å². The monoisotopic (exact) mass is 332 g/mol.